The van der Waals surface area contributed by atoms with Gasteiger partial charge in [-0.3, -0.25) is 0 Å². The minimum absolute atomic E-state index is 0.0960. The van der Waals surface area contributed by atoms with Crippen molar-refractivity contribution in [2.75, 3.05) is 7.11 Å². The number of hydrogen-bond donors (Lipinski definition) is 2. The van der Waals surface area contributed by atoms with Crippen molar-refractivity contribution in [1.29, 1.82) is 0 Å². The molecule has 2 atom stereocenters. The van der Waals surface area contributed by atoms with Gasteiger partial charge in [-0.15, -0.1) is 0 Å². The standard InChI is InChI=1S/C13H28N2O3/c1-10(8-11(2,3)16)14-15-13(6,18-7)9-12(4,5)17/h10,16-17H,8-9H2,1-7H3. The van der Waals surface area contributed by atoms with Gasteiger partial charge in [0.2, 0.25) is 0 Å². The number of methoxy groups -OCH3 is 1. The van der Waals surface area contributed by atoms with Crippen molar-refractivity contribution in [3.63, 3.8) is 0 Å². The Hall–Kier alpha value is -0.520. The van der Waals surface area contributed by atoms with Crippen molar-refractivity contribution in [1.82, 2.24) is 0 Å². The molecule has 0 fully saturated rings. The predicted molar refractivity (Wildman–Crippen MR) is 71.6 cm³/mol. The summed E-state index contributed by atoms with van der Waals surface area (Å²) in [6.07, 6.45) is 0.883. The first-order valence-corrected chi connectivity index (χ1v) is 6.29. The van der Waals surface area contributed by atoms with E-state index in [9.17, 15) is 10.2 Å². The smallest absolute Gasteiger partial charge is 0.178 e. The van der Waals surface area contributed by atoms with Crippen LogP contribution in [0, 0.1) is 0 Å². The van der Waals surface area contributed by atoms with Crippen LogP contribution in [0.4, 0.5) is 0 Å². The van der Waals surface area contributed by atoms with E-state index in [1.54, 1.807) is 41.7 Å². The van der Waals surface area contributed by atoms with Crippen molar-refractivity contribution in [2.45, 2.75) is 77.4 Å². The third-order valence-electron chi connectivity index (χ3n) is 2.46. The Balaban J connectivity index is 4.61. The first kappa shape index (κ1) is 17.5. The van der Waals surface area contributed by atoms with Gasteiger partial charge in [0.15, 0.2) is 5.72 Å². The molecule has 0 spiro atoms. The fraction of sp³-hybridized carbons (Fsp3) is 1.00. The van der Waals surface area contributed by atoms with Gasteiger partial charge in [0, 0.05) is 13.5 Å². The Morgan fingerprint density at radius 1 is 1.06 bits per heavy atom. The van der Waals surface area contributed by atoms with E-state index in [4.69, 9.17) is 4.74 Å². The highest BCUT2D eigenvalue weighted by Crippen LogP contribution is 2.25. The number of nitrogens with zero attached hydrogens (tertiary/aromatic N) is 2. The Labute approximate surface area is 110 Å². The fourth-order valence-corrected chi connectivity index (χ4v) is 1.94. The van der Waals surface area contributed by atoms with Gasteiger partial charge in [-0.25, -0.2) is 0 Å². The van der Waals surface area contributed by atoms with Gasteiger partial charge in [-0.05, 0) is 48.0 Å². The molecule has 108 valence electrons. The van der Waals surface area contributed by atoms with E-state index in [0.29, 0.717) is 12.8 Å². The van der Waals surface area contributed by atoms with Crippen molar-refractivity contribution in [3.05, 3.63) is 0 Å². The maximum atomic E-state index is 9.81. The van der Waals surface area contributed by atoms with Crippen LogP contribution >= 0.6 is 0 Å². The molecule has 0 radical (unpaired) electrons. The minimum Gasteiger partial charge on any atom is -0.390 e. The van der Waals surface area contributed by atoms with Crippen LogP contribution in [0.2, 0.25) is 0 Å². The second-order valence-electron chi connectivity index (χ2n) is 6.45. The molecule has 18 heavy (non-hydrogen) atoms. The Morgan fingerprint density at radius 2 is 1.56 bits per heavy atom. The molecule has 0 aromatic rings. The highest BCUT2D eigenvalue weighted by Gasteiger charge is 2.31. The summed E-state index contributed by atoms with van der Waals surface area (Å²) in [5.41, 5.74) is -2.48. The van der Waals surface area contributed by atoms with Gasteiger partial charge in [0.05, 0.1) is 17.2 Å². The lowest BCUT2D eigenvalue weighted by Gasteiger charge is -2.29. The van der Waals surface area contributed by atoms with Crippen LogP contribution in [0.25, 0.3) is 0 Å². The maximum Gasteiger partial charge on any atom is 0.178 e. The highest BCUT2D eigenvalue weighted by molar-refractivity contribution is 4.81. The van der Waals surface area contributed by atoms with Crippen LogP contribution in [-0.2, 0) is 4.74 Å². The molecular weight excluding hydrogens is 232 g/mol. The van der Waals surface area contributed by atoms with Gasteiger partial charge in [0.25, 0.3) is 0 Å². The maximum absolute atomic E-state index is 9.81. The number of aliphatic hydroxyl groups is 2. The molecule has 0 heterocycles. The summed E-state index contributed by atoms with van der Waals surface area (Å²) >= 11 is 0. The van der Waals surface area contributed by atoms with Gasteiger partial charge in [-0.2, -0.15) is 10.2 Å². The van der Waals surface area contributed by atoms with Gasteiger partial charge in [-0.1, -0.05) is 0 Å². The van der Waals surface area contributed by atoms with Crippen molar-refractivity contribution < 1.29 is 14.9 Å². The SMILES string of the molecule is COC(C)(CC(C)(C)O)N=NC(C)CC(C)(C)O. The second kappa shape index (κ2) is 6.08. The topological polar surface area (TPSA) is 74.4 Å². The quantitative estimate of drug-likeness (QED) is 0.691. The molecule has 0 saturated carbocycles. The molecular formula is C13H28N2O3. The van der Waals surface area contributed by atoms with Crippen LogP contribution in [-0.4, -0.2) is 40.3 Å². The zero-order valence-electron chi connectivity index (χ0n) is 12.7. The summed E-state index contributed by atoms with van der Waals surface area (Å²) in [7, 11) is 1.55. The highest BCUT2D eigenvalue weighted by atomic mass is 16.5. The van der Waals surface area contributed by atoms with E-state index in [1.807, 2.05) is 6.92 Å². The summed E-state index contributed by atoms with van der Waals surface area (Å²) in [4.78, 5) is 0. The minimum atomic E-state index is -0.872. The zero-order valence-corrected chi connectivity index (χ0v) is 12.7. The number of rotatable bonds is 7. The molecule has 0 rings (SSSR count). The second-order valence-corrected chi connectivity index (χ2v) is 6.45. The molecule has 2 unspecified atom stereocenters. The molecule has 0 aromatic carbocycles. The largest absolute Gasteiger partial charge is 0.390 e. The summed E-state index contributed by atoms with van der Waals surface area (Å²) in [5, 5.41) is 27.8. The van der Waals surface area contributed by atoms with Gasteiger partial charge < -0.3 is 14.9 Å². The molecule has 0 aliphatic heterocycles. The lowest BCUT2D eigenvalue weighted by atomic mass is 9.98. The fourth-order valence-electron chi connectivity index (χ4n) is 1.94. The molecule has 0 amide bonds. The molecule has 0 saturated heterocycles. The lowest BCUT2D eigenvalue weighted by Crippen LogP contribution is -2.35. The summed E-state index contributed by atoms with van der Waals surface area (Å²) < 4.78 is 5.31. The van der Waals surface area contributed by atoms with Crippen LogP contribution < -0.4 is 0 Å². The lowest BCUT2D eigenvalue weighted by molar-refractivity contribution is -0.0616. The van der Waals surface area contributed by atoms with Crippen LogP contribution in [0.15, 0.2) is 10.2 Å². The molecule has 5 nitrogen and oxygen atoms in total. The van der Waals surface area contributed by atoms with Crippen molar-refractivity contribution in [3.8, 4) is 0 Å². The van der Waals surface area contributed by atoms with Gasteiger partial charge in [0.1, 0.15) is 0 Å². The first-order valence-electron chi connectivity index (χ1n) is 6.29. The molecule has 0 aliphatic rings. The van der Waals surface area contributed by atoms with Gasteiger partial charge >= 0.3 is 0 Å². The Bertz CT molecular complexity index is 279. The molecule has 0 bridgehead atoms. The van der Waals surface area contributed by atoms with Crippen molar-refractivity contribution in [2.24, 2.45) is 10.2 Å². The Morgan fingerprint density at radius 3 is 1.89 bits per heavy atom. The zero-order chi connectivity index (χ0) is 14.6. The summed E-state index contributed by atoms with van der Waals surface area (Å²) in [6.45, 7) is 10.6. The average molecular weight is 260 g/mol. The van der Waals surface area contributed by atoms with Crippen LogP contribution in [0.3, 0.4) is 0 Å². The van der Waals surface area contributed by atoms with Crippen molar-refractivity contribution >= 4 is 0 Å². The number of ether oxygens (including phenoxy) is 1. The monoisotopic (exact) mass is 260 g/mol. The number of hydrogen-bond acceptors (Lipinski definition) is 5. The normalized spacial score (nSPS) is 18.9. The average Bonchev–Trinajstić information content (AvgIpc) is 2.09. The van der Waals surface area contributed by atoms with E-state index in [1.165, 1.54) is 0 Å². The van der Waals surface area contributed by atoms with E-state index in [2.05, 4.69) is 10.2 Å². The van der Waals surface area contributed by atoms with E-state index in [-0.39, 0.29) is 6.04 Å². The third kappa shape index (κ3) is 8.55. The number of azo groups is 1. The molecule has 0 aliphatic carbocycles. The van der Waals surface area contributed by atoms with E-state index < -0.39 is 16.9 Å². The predicted octanol–water partition coefficient (Wildman–Crippen LogP) is 2.51. The summed E-state index contributed by atoms with van der Waals surface area (Å²) in [6, 6.07) is -0.0960. The van der Waals surface area contributed by atoms with Crippen LogP contribution in [0.1, 0.15) is 54.4 Å². The molecule has 2 N–H and O–H groups in total. The first-order chi connectivity index (χ1) is 7.87. The molecule has 0 aromatic heterocycles. The third-order valence-corrected chi connectivity index (χ3v) is 2.46. The summed E-state index contributed by atoms with van der Waals surface area (Å²) in [5.74, 6) is 0. The van der Waals surface area contributed by atoms with E-state index in [0.717, 1.165) is 0 Å². The van der Waals surface area contributed by atoms with E-state index >= 15 is 0 Å². The Kier molecular flexibility index (Phi) is 5.91. The van der Waals surface area contributed by atoms with Crippen LogP contribution in [0.5, 0.6) is 0 Å². The molecule has 5 heteroatoms.